The number of aryl methyl sites for hydroxylation is 1. The number of anilines is 1. The van der Waals surface area contributed by atoms with E-state index in [4.69, 9.17) is 0 Å². The Kier molecular flexibility index (Phi) is 4.70. The molecule has 0 aliphatic carbocycles. The van der Waals surface area contributed by atoms with Crippen LogP contribution in [0.15, 0.2) is 42.6 Å². The predicted octanol–water partition coefficient (Wildman–Crippen LogP) is 3.19. The first-order chi connectivity index (χ1) is 8.79. The third-order valence-corrected chi connectivity index (χ3v) is 3.01. The van der Waals surface area contributed by atoms with Crippen molar-refractivity contribution in [2.24, 2.45) is 0 Å². The van der Waals surface area contributed by atoms with Crippen molar-refractivity contribution >= 4 is 21.7 Å². The molecule has 3 nitrogen and oxygen atoms in total. The van der Waals surface area contributed by atoms with E-state index in [1.165, 1.54) is 5.56 Å². The van der Waals surface area contributed by atoms with Crippen molar-refractivity contribution in [3.05, 3.63) is 54.0 Å². The Bertz CT molecular complexity index is 487. The number of aromatic nitrogens is 2. The highest BCUT2D eigenvalue weighted by Gasteiger charge is 2.08. The number of rotatable bonds is 5. The third kappa shape index (κ3) is 3.53. The van der Waals surface area contributed by atoms with Gasteiger partial charge >= 0.3 is 0 Å². The normalized spacial score (nSPS) is 10.3. The largest absolute Gasteiger partial charge is 0.351 e. The molecule has 0 spiro atoms. The zero-order chi connectivity index (χ0) is 12.8. The van der Waals surface area contributed by atoms with Gasteiger partial charge in [-0.15, -0.1) is 0 Å². The molecule has 0 saturated heterocycles. The Morgan fingerprint density at radius 2 is 1.94 bits per heavy atom. The molecular weight excluding hydrogens is 290 g/mol. The van der Waals surface area contributed by atoms with Gasteiger partial charge in [0.15, 0.2) is 0 Å². The summed E-state index contributed by atoms with van der Waals surface area (Å²) < 4.78 is 0. The lowest BCUT2D eigenvalue weighted by molar-refractivity contribution is 0.811. The lowest BCUT2D eigenvalue weighted by Crippen LogP contribution is -2.26. The molecule has 1 heterocycles. The van der Waals surface area contributed by atoms with Gasteiger partial charge in [-0.1, -0.05) is 46.3 Å². The van der Waals surface area contributed by atoms with Gasteiger partial charge in [-0.3, -0.25) is 0 Å². The number of benzene rings is 1. The van der Waals surface area contributed by atoms with Gasteiger partial charge in [0.2, 0.25) is 0 Å². The standard InChI is InChI=1S/C14H16BrN3/c1-12-16-9-7-14(17-12)18(10-8-15)11-13-5-3-2-4-6-13/h2-7,9H,8,10-11H2,1H3. The van der Waals surface area contributed by atoms with Crippen molar-refractivity contribution in [2.45, 2.75) is 13.5 Å². The van der Waals surface area contributed by atoms with Gasteiger partial charge in [-0.25, -0.2) is 9.97 Å². The Morgan fingerprint density at radius 3 is 2.61 bits per heavy atom. The minimum atomic E-state index is 0.806. The maximum absolute atomic E-state index is 4.48. The first-order valence-corrected chi connectivity index (χ1v) is 7.06. The molecule has 0 aliphatic rings. The van der Waals surface area contributed by atoms with Crippen molar-refractivity contribution in [3.8, 4) is 0 Å². The molecule has 0 unspecified atom stereocenters. The molecule has 94 valence electrons. The second-order valence-corrected chi connectivity index (χ2v) is 4.85. The molecule has 1 aromatic carbocycles. The van der Waals surface area contributed by atoms with Crippen molar-refractivity contribution in [1.82, 2.24) is 9.97 Å². The van der Waals surface area contributed by atoms with Crippen LogP contribution in [-0.2, 0) is 6.54 Å². The van der Waals surface area contributed by atoms with Gasteiger partial charge in [0.1, 0.15) is 11.6 Å². The molecule has 0 bridgehead atoms. The quantitative estimate of drug-likeness (QED) is 0.795. The van der Waals surface area contributed by atoms with Crippen LogP contribution >= 0.6 is 15.9 Å². The predicted molar refractivity (Wildman–Crippen MR) is 78.1 cm³/mol. The Morgan fingerprint density at radius 1 is 1.17 bits per heavy atom. The highest BCUT2D eigenvalue weighted by Crippen LogP contribution is 2.14. The molecule has 4 heteroatoms. The summed E-state index contributed by atoms with van der Waals surface area (Å²) in [6.45, 7) is 3.70. The molecule has 0 amide bonds. The second-order valence-electron chi connectivity index (χ2n) is 4.06. The third-order valence-electron chi connectivity index (χ3n) is 2.66. The smallest absolute Gasteiger partial charge is 0.132 e. The summed E-state index contributed by atoms with van der Waals surface area (Å²) in [4.78, 5) is 10.9. The second kappa shape index (κ2) is 6.50. The van der Waals surface area contributed by atoms with Gasteiger partial charge in [-0.05, 0) is 18.6 Å². The maximum Gasteiger partial charge on any atom is 0.132 e. The summed E-state index contributed by atoms with van der Waals surface area (Å²) >= 11 is 3.49. The van der Waals surface area contributed by atoms with E-state index >= 15 is 0 Å². The molecular formula is C14H16BrN3. The van der Waals surface area contributed by atoms with Gasteiger partial charge in [0.05, 0.1) is 0 Å². The van der Waals surface area contributed by atoms with Crippen molar-refractivity contribution in [3.63, 3.8) is 0 Å². The van der Waals surface area contributed by atoms with Crippen LogP contribution in [0.2, 0.25) is 0 Å². The highest BCUT2D eigenvalue weighted by molar-refractivity contribution is 9.09. The molecule has 2 rings (SSSR count). The molecule has 0 N–H and O–H groups in total. The first kappa shape index (κ1) is 13.0. The first-order valence-electron chi connectivity index (χ1n) is 5.94. The molecule has 1 aromatic heterocycles. The molecule has 18 heavy (non-hydrogen) atoms. The van der Waals surface area contributed by atoms with E-state index in [0.717, 1.165) is 30.1 Å². The fraction of sp³-hybridized carbons (Fsp3) is 0.286. The molecule has 0 aliphatic heterocycles. The van der Waals surface area contributed by atoms with Gasteiger partial charge < -0.3 is 4.90 Å². The van der Waals surface area contributed by atoms with Crippen LogP contribution in [0.4, 0.5) is 5.82 Å². The summed E-state index contributed by atoms with van der Waals surface area (Å²) in [5.74, 6) is 1.78. The van der Waals surface area contributed by atoms with E-state index in [1.807, 2.05) is 25.3 Å². The molecule has 0 fully saturated rings. The van der Waals surface area contributed by atoms with E-state index in [-0.39, 0.29) is 0 Å². The van der Waals surface area contributed by atoms with Crippen LogP contribution in [0.1, 0.15) is 11.4 Å². The number of halogens is 1. The Hall–Kier alpha value is -1.42. The zero-order valence-electron chi connectivity index (χ0n) is 10.4. The van der Waals surface area contributed by atoms with Gasteiger partial charge in [0.25, 0.3) is 0 Å². The van der Waals surface area contributed by atoms with Crippen LogP contribution in [0.25, 0.3) is 0 Å². The molecule has 2 aromatic rings. The SMILES string of the molecule is Cc1nccc(N(CCBr)Cc2ccccc2)n1. The van der Waals surface area contributed by atoms with Crippen LogP contribution in [0.3, 0.4) is 0 Å². The van der Waals surface area contributed by atoms with Gasteiger partial charge in [-0.2, -0.15) is 0 Å². The fourth-order valence-corrected chi connectivity index (χ4v) is 2.23. The van der Waals surface area contributed by atoms with Crippen molar-refractivity contribution < 1.29 is 0 Å². The number of hydrogen-bond donors (Lipinski definition) is 0. The van der Waals surface area contributed by atoms with E-state index in [1.54, 1.807) is 0 Å². The zero-order valence-corrected chi connectivity index (χ0v) is 12.0. The molecule has 0 saturated carbocycles. The Balaban J connectivity index is 2.18. The van der Waals surface area contributed by atoms with E-state index < -0.39 is 0 Å². The van der Waals surface area contributed by atoms with Crippen LogP contribution in [0, 0.1) is 6.92 Å². The average molecular weight is 306 g/mol. The maximum atomic E-state index is 4.48. The van der Waals surface area contributed by atoms with Gasteiger partial charge in [0, 0.05) is 24.6 Å². The minimum Gasteiger partial charge on any atom is -0.351 e. The summed E-state index contributed by atoms with van der Waals surface area (Å²) in [5.41, 5.74) is 1.29. The average Bonchev–Trinajstić information content (AvgIpc) is 2.39. The van der Waals surface area contributed by atoms with Crippen LogP contribution in [-0.4, -0.2) is 21.8 Å². The van der Waals surface area contributed by atoms with E-state index in [9.17, 15) is 0 Å². The van der Waals surface area contributed by atoms with E-state index in [2.05, 4.69) is 55.1 Å². The molecule has 0 atom stereocenters. The fourth-order valence-electron chi connectivity index (χ4n) is 1.80. The number of alkyl halides is 1. The lowest BCUT2D eigenvalue weighted by Gasteiger charge is -2.23. The van der Waals surface area contributed by atoms with Crippen LogP contribution in [0.5, 0.6) is 0 Å². The minimum absolute atomic E-state index is 0.806. The summed E-state index contributed by atoms with van der Waals surface area (Å²) in [7, 11) is 0. The summed E-state index contributed by atoms with van der Waals surface area (Å²) in [5, 5.41) is 0.920. The van der Waals surface area contributed by atoms with Crippen molar-refractivity contribution in [2.75, 3.05) is 16.8 Å². The number of nitrogens with zero attached hydrogens (tertiary/aromatic N) is 3. The summed E-state index contributed by atoms with van der Waals surface area (Å²) in [6, 6.07) is 12.4. The van der Waals surface area contributed by atoms with Crippen LogP contribution < -0.4 is 4.90 Å². The number of hydrogen-bond acceptors (Lipinski definition) is 3. The summed E-state index contributed by atoms with van der Waals surface area (Å²) in [6.07, 6.45) is 1.81. The lowest BCUT2D eigenvalue weighted by atomic mass is 10.2. The molecule has 0 radical (unpaired) electrons. The Labute approximate surface area is 116 Å². The van der Waals surface area contributed by atoms with Crippen molar-refractivity contribution in [1.29, 1.82) is 0 Å². The monoisotopic (exact) mass is 305 g/mol. The topological polar surface area (TPSA) is 29.0 Å². The van der Waals surface area contributed by atoms with E-state index in [0.29, 0.717) is 0 Å². The highest BCUT2D eigenvalue weighted by atomic mass is 79.9.